The predicted molar refractivity (Wildman–Crippen MR) is 61.8 cm³/mol. The summed E-state index contributed by atoms with van der Waals surface area (Å²) in [6, 6.07) is 0. The molecule has 0 aromatic carbocycles. The van der Waals surface area contributed by atoms with Crippen molar-refractivity contribution in [1.82, 2.24) is 9.80 Å². The first-order valence-electron chi connectivity index (χ1n) is 5.75. The van der Waals surface area contributed by atoms with Gasteiger partial charge in [0.05, 0.1) is 12.5 Å². The first kappa shape index (κ1) is 13.4. The standard InChI is InChI=1S/C10H22N4O2/c11-1-3-13(4-2-12)5-6-14-8-9(15)7-10(14)16/h9,15H,1-8,11-12H2. The lowest BCUT2D eigenvalue weighted by Gasteiger charge is -2.24. The molecule has 0 aliphatic carbocycles. The normalized spacial score (nSPS) is 21.1. The molecule has 1 aliphatic heterocycles. The zero-order valence-corrected chi connectivity index (χ0v) is 9.64. The van der Waals surface area contributed by atoms with Gasteiger partial charge >= 0.3 is 0 Å². The topological polar surface area (TPSA) is 95.8 Å². The number of carbonyl (C=O) groups excluding carboxylic acids is 1. The minimum Gasteiger partial charge on any atom is -0.391 e. The Morgan fingerprint density at radius 1 is 1.31 bits per heavy atom. The van der Waals surface area contributed by atoms with E-state index >= 15 is 0 Å². The molecule has 0 spiro atoms. The van der Waals surface area contributed by atoms with Crippen LogP contribution in [0.3, 0.4) is 0 Å². The van der Waals surface area contributed by atoms with Gasteiger partial charge in [-0.2, -0.15) is 0 Å². The summed E-state index contributed by atoms with van der Waals surface area (Å²) in [7, 11) is 0. The second-order valence-corrected chi connectivity index (χ2v) is 4.12. The molecule has 16 heavy (non-hydrogen) atoms. The summed E-state index contributed by atoms with van der Waals surface area (Å²) in [5.74, 6) is 0.0351. The van der Waals surface area contributed by atoms with Gasteiger partial charge in [0.25, 0.3) is 0 Å². The maximum absolute atomic E-state index is 11.4. The van der Waals surface area contributed by atoms with Crippen molar-refractivity contribution in [2.24, 2.45) is 11.5 Å². The summed E-state index contributed by atoms with van der Waals surface area (Å²) in [6.45, 7) is 4.65. The molecule has 0 bridgehead atoms. The van der Waals surface area contributed by atoms with Crippen molar-refractivity contribution in [3.63, 3.8) is 0 Å². The second-order valence-electron chi connectivity index (χ2n) is 4.12. The number of carbonyl (C=O) groups is 1. The van der Waals surface area contributed by atoms with Crippen molar-refractivity contribution in [3.8, 4) is 0 Å². The first-order valence-corrected chi connectivity index (χ1v) is 5.75. The van der Waals surface area contributed by atoms with Gasteiger partial charge < -0.3 is 21.5 Å². The Morgan fingerprint density at radius 3 is 2.38 bits per heavy atom. The Balaban J connectivity index is 2.28. The van der Waals surface area contributed by atoms with E-state index in [4.69, 9.17) is 11.5 Å². The summed E-state index contributed by atoms with van der Waals surface area (Å²) in [4.78, 5) is 15.2. The van der Waals surface area contributed by atoms with Crippen molar-refractivity contribution >= 4 is 5.91 Å². The fourth-order valence-corrected chi connectivity index (χ4v) is 1.93. The van der Waals surface area contributed by atoms with Crippen LogP contribution in [0.15, 0.2) is 0 Å². The van der Waals surface area contributed by atoms with E-state index in [1.165, 1.54) is 0 Å². The third kappa shape index (κ3) is 4.05. The van der Waals surface area contributed by atoms with Gasteiger partial charge in [-0.3, -0.25) is 9.69 Å². The number of likely N-dealkylation sites (tertiary alicyclic amines) is 1. The van der Waals surface area contributed by atoms with E-state index in [0.717, 1.165) is 19.6 Å². The summed E-state index contributed by atoms with van der Waals surface area (Å²) in [5.41, 5.74) is 11.0. The van der Waals surface area contributed by atoms with E-state index in [2.05, 4.69) is 4.90 Å². The number of amides is 1. The molecule has 1 heterocycles. The molecule has 1 atom stereocenters. The quantitative estimate of drug-likeness (QED) is 0.461. The Hall–Kier alpha value is -0.690. The molecule has 1 fully saturated rings. The van der Waals surface area contributed by atoms with Gasteiger partial charge in [0.2, 0.25) is 5.91 Å². The van der Waals surface area contributed by atoms with E-state index in [0.29, 0.717) is 26.2 Å². The summed E-state index contributed by atoms with van der Waals surface area (Å²) < 4.78 is 0. The van der Waals surface area contributed by atoms with Crippen molar-refractivity contribution in [3.05, 3.63) is 0 Å². The lowest BCUT2D eigenvalue weighted by molar-refractivity contribution is -0.127. The number of aliphatic hydroxyl groups is 1. The molecule has 0 saturated carbocycles. The van der Waals surface area contributed by atoms with Crippen LogP contribution < -0.4 is 11.5 Å². The minimum absolute atomic E-state index is 0.0351. The number of β-amino-alcohol motifs (C(OH)–C–C–N with tert-alkyl or cyclic N) is 1. The van der Waals surface area contributed by atoms with Gasteiger partial charge in [-0.25, -0.2) is 0 Å². The van der Waals surface area contributed by atoms with E-state index in [9.17, 15) is 9.90 Å². The Labute approximate surface area is 96.2 Å². The molecule has 1 rings (SSSR count). The van der Waals surface area contributed by atoms with Crippen LogP contribution in [0.25, 0.3) is 0 Å². The number of nitrogens with two attached hydrogens (primary N) is 2. The fraction of sp³-hybridized carbons (Fsp3) is 0.900. The average molecular weight is 230 g/mol. The molecule has 0 aromatic rings. The molecule has 1 aliphatic rings. The molecule has 6 heteroatoms. The van der Waals surface area contributed by atoms with Crippen LogP contribution in [0.4, 0.5) is 0 Å². The SMILES string of the molecule is NCCN(CCN)CCN1CC(O)CC1=O. The van der Waals surface area contributed by atoms with Crippen LogP contribution >= 0.6 is 0 Å². The number of hydrogen-bond acceptors (Lipinski definition) is 5. The van der Waals surface area contributed by atoms with Gasteiger partial charge in [0.15, 0.2) is 0 Å². The van der Waals surface area contributed by atoms with Gasteiger partial charge in [0.1, 0.15) is 0 Å². The highest BCUT2D eigenvalue weighted by Crippen LogP contribution is 2.10. The predicted octanol–water partition coefficient (Wildman–Crippen LogP) is -2.20. The molecule has 0 radical (unpaired) electrons. The van der Waals surface area contributed by atoms with Gasteiger partial charge in [-0.1, -0.05) is 0 Å². The van der Waals surface area contributed by atoms with Crippen molar-refractivity contribution in [2.75, 3.05) is 45.8 Å². The number of rotatable bonds is 7. The average Bonchev–Trinajstić information content (AvgIpc) is 2.54. The smallest absolute Gasteiger partial charge is 0.225 e. The molecular formula is C10H22N4O2. The van der Waals surface area contributed by atoms with Gasteiger partial charge in [-0.15, -0.1) is 0 Å². The molecule has 94 valence electrons. The Kier molecular flexibility index (Phi) is 5.68. The molecule has 1 amide bonds. The van der Waals surface area contributed by atoms with E-state index in [-0.39, 0.29) is 12.3 Å². The third-order valence-corrected chi connectivity index (χ3v) is 2.77. The Morgan fingerprint density at radius 2 is 1.94 bits per heavy atom. The third-order valence-electron chi connectivity index (χ3n) is 2.77. The van der Waals surface area contributed by atoms with E-state index in [1.807, 2.05) is 0 Å². The maximum Gasteiger partial charge on any atom is 0.225 e. The first-order chi connectivity index (χ1) is 7.67. The molecule has 1 unspecified atom stereocenters. The second kappa shape index (κ2) is 6.80. The van der Waals surface area contributed by atoms with Crippen molar-refractivity contribution < 1.29 is 9.90 Å². The maximum atomic E-state index is 11.4. The van der Waals surface area contributed by atoms with Gasteiger partial charge in [0, 0.05) is 45.8 Å². The lowest BCUT2D eigenvalue weighted by atomic mass is 10.3. The molecule has 6 nitrogen and oxygen atoms in total. The highest BCUT2D eigenvalue weighted by atomic mass is 16.3. The largest absolute Gasteiger partial charge is 0.391 e. The zero-order valence-electron chi connectivity index (χ0n) is 9.64. The van der Waals surface area contributed by atoms with Crippen LogP contribution in [0.5, 0.6) is 0 Å². The monoisotopic (exact) mass is 230 g/mol. The zero-order chi connectivity index (χ0) is 12.0. The van der Waals surface area contributed by atoms with Crippen LogP contribution in [0.2, 0.25) is 0 Å². The van der Waals surface area contributed by atoms with Crippen LogP contribution in [0, 0.1) is 0 Å². The molecule has 1 saturated heterocycles. The lowest BCUT2D eigenvalue weighted by Crippen LogP contribution is -2.40. The number of aliphatic hydroxyl groups excluding tert-OH is 1. The highest BCUT2D eigenvalue weighted by Gasteiger charge is 2.27. The van der Waals surface area contributed by atoms with Gasteiger partial charge in [-0.05, 0) is 0 Å². The molecule has 5 N–H and O–H groups in total. The highest BCUT2D eigenvalue weighted by molar-refractivity contribution is 5.78. The van der Waals surface area contributed by atoms with Crippen molar-refractivity contribution in [2.45, 2.75) is 12.5 Å². The van der Waals surface area contributed by atoms with Crippen LogP contribution in [-0.2, 0) is 4.79 Å². The number of nitrogens with zero attached hydrogens (tertiary/aromatic N) is 2. The minimum atomic E-state index is -0.495. The van der Waals surface area contributed by atoms with E-state index in [1.54, 1.807) is 4.90 Å². The number of hydrogen-bond donors (Lipinski definition) is 3. The van der Waals surface area contributed by atoms with Crippen LogP contribution in [-0.4, -0.2) is 72.7 Å². The summed E-state index contributed by atoms with van der Waals surface area (Å²) in [5, 5.41) is 9.33. The van der Waals surface area contributed by atoms with E-state index < -0.39 is 6.10 Å². The summed E-state index contributed by atoms with van der Waals surface area (Å²) >= 11 is 0. The van der Waals surface area contributed by atoms with Crippen LogP contribution in [0.1, 0.15) is 6.42 Å². The fourth-order valence-electron chi connectivity index (χ4n) is 1.93. The Bertz CT molecular complexity index is 219. The molecular weight excluding hydrogens is 208 g/mol. The molecule has 0 aromatic heterocycles. The summed E-state index contributed by atoms with van der Waals surface area (Å²) in [6.07, 6.45) is -0.238. The van der Waals surface area contributed by atoms with Crippen molar-refractivity contribution in [1.29, 1.82) is 0 Å².